The van der Waals surface area contributed by atoms with Crippen LogP contribution >= 0.6 is 0 Å². The smallest absolute Gasteiger partial charge is 0.264 e. The average Bonchev–Trinajstić information content (AvgIpc) is 2.83. The van der Waals surface area contributed by atoms with Gasteiger partial charge < -0.3 is 14.8 Å². The lowest BCUT2D eigenvalue weighted by Crippen LogP contribution is -2.29. The fourth-order valence-corrected chi connectivity index (χ4v) is 4.68. The number of hydrogen-bond donors (Lipinski definition) is 1. The molecule has 7 nitrogen and oxygen atoms in total. The van der Waals surface area contributed by atoms with Gasteiger partial charge in [0.05, 0.1) is 30.8 Å². The second-order valence-corrected chi connectivity index (χ2v) is 9.61. The number of nitrogens with one attached hydrogen (secondary N) is 1. The normalized spacial score (nSPS) is 12.0. The van der Waals surface area contributed by atoms with Gasteiger partial charge in [0.2, 0.25) is 0 Å². The predicted octanol–water partition coefficient (Wildman–Crippen LogP) is 4.33. The summed E-state index contributed by atoms with van der Waals surface area (Å²) in [7, 11) is 0.719. The van der Waals surface area contributed by atoms with Crippen LogP contribution in [0.5, 0.6) is 11.5 Å². The highest BCUT2D eigenvalue weighted by atomic mass is 32.2. The van der Waals surface area contributed by atoms with Gasteiger partial charge in [-0.05, 0) is 62.4 Å². The number of anilines is 1. The number of carbonyl (C=O) groups excluding carboxylic acids is 1. The van der Waals surface area contributed by atoms with E-state index in [2.05, 4.69) is 5.32 Å². The van der Waals surface area contributed by atoms with E-state index in [-0.39, 0.29) is 22.4 Å². The van der Waals surface area contributed by atoms with Crippen LogP contribution in [0.1, 0.15) is 34.5 Å². The summed E-state index contributed by atoms with van der Waals surface area (Å²) in [5.74, 6) is 0.920. The zero-order valence-corrected chi connectivity index (χ0v) is 20.1. The minimum Gasteiger partial charge on any atom is -0.497 e. The molecule has 0 radical (unpaired) electrons. The van der Waals surface area contributed by atoms with Crippen molar-refractivity contribution in [2.24, 2.45) is 0 Å². The number of nitrogens with zero attached hydrogens (tertiary/aromatic N) is 1. The SMILES string of the molecule is COc1ccc(N(C)S(=O)(=O)c2cccc(C(=O)NC(C)c3cc(C)ccc3OC)c2)cc1. The third-order valence-electron chi connectivity index (χ3n) is 5.39. The van der Waals surface area contributed by atoms with Crippen molar-refractivity contribution in [1.29, 1.82) is 0 Å². The van der Waals surface area contributed by atoms with E-state index in [0.717, 1.165) is 11.1 Å². The highest BCUT2D eigenvalue weighted by molar-refractivity contribution is 7.92. The Hall–Kier alpha value is -3.52. The van der Waals surface area contributed by atoms with Gasteiger partial charge in [-0.15, -0.1) is 0 Å². The van der Waals surface area contributed by atoms with Gasteiger partial charge in [0, 0.05) is 18.2 Å². The molecule has 0 spiro atoms. The van der Waals surface area contributed by atoms with Crippen molar-refractivity contribution in [2.75, 3.05) is 25.6 Å². The molecule has 0 fully saturated rings. The highest BCUT2D eigenvalue weighted by Crippen LogP contribution is 2.27. The van der Waals surface area contributed by atoms with Crippen LogP contribution in [0.25, 0.3) is 0 Å². The Bertz CT molecular complexity index is 1240. The van der Waals surface area contributed by atoms with Gasteiger partial charge in [-0.1, -0.05) is 23.8 Å². The fraction of sp³-hybridized carbons (Fsp3) is 0.240. The Morgan fingerprint density at radius 3 is 2.30 bits per heavy atom. The van der Waals surface area contributed by atoms with Crippen LogP contribution in [0.2, 0.25) is 0 Å². The Morgan fingerprint density at radius 1 is 0.970 bits per heavy atom. The molecule has 0 heterocycles. The van der Waals surface area contributed by atoms with Crippen LogP contribution in [0.15, 0.2) is 71.6 Å². The van der Waals surface area contributed by atoms with Crippen LogP contribution in [0, 0.1) is 6.92 Å². The highest BCUT2D eigenvalue weighted by Gasteiger charge is 2.23. The number of benzene rings is 3. The minimum atomic E-state index is -3.87. The molecule has 174 valence electrons. The van der Waals surface area contributed by atoms with Crippen LogP contribution in [0.4, 0.5) is 5.69 Å². The standard InChI is InChI=1S/C25H28N2O5S/c1-17-9-14-24(32-5)23(15-17)18(2)26-25(28)19-7-6-8-22(16-19)33(29,30)27(3)20-10-12-21(31-4)13-11-20/h6-16,18H,1-5H3,(H,26,28). The van der Waals surface area contributed by atoms with Crippen molar-refractivity contribution in [1.82, 2.24) is 5.32 Å². The first kappa shape index (κ1) is 24.1. The number of hydrogen-bond acceptors (Lipinski definition) is 5. The molecule has 0 aromatic heterocycles. The predicted molar refractivity (Wildman–Crippen MR) is 129 cm³/mol. The molecule has 0 saturated heterocycles. The number of amides is 1. The van der Waals surface area contributed by atoms with Crippen LogP contribution in [0.3, 0.4) is 0 Å². The largest absolute Gasteiger partial charge is 0.497 e. The van der Waals surface area contributed by atoms with Crippen molar-refractivity contribution in [3.05, 3.63) is 83.4 Å². The summed E-state index contributed by atoms with van der Waals surface area (Å²) in [6.07, 6.45) is 0. The monoisotopic (exact) mass is 468 g/mol. The summed E-state index contributed by atoms with van der Waals surface area (Å²) in [5, 5.41) is 2.93. The molecule has 1 atom stereocenters. The molecule has 0 aliphatic rings. The van der Waals surface area contributed by atoms with Crippen LogP contribution in [-0.4, -0.2) is 35.6 Å². The molecule has 33 heavy (non-hydrogen) atoms. The Balaban J connectivity index is 1.83. The van der Waals surface area contributed by atoms with E-state index < -0.39 is 10.0 Å². The second kappa shape index (κ2) is 9.95. The van der Waals surface area contributed by atoms with E-state index in [4.69, 9.17) is 9.47 Å². The Morgan fingerprint density at radius 2 is 1.67 bits per heavy atom. The maximum Gasteiger partial charge on any atom is 0.264 e. The first-order chi connectivity index (χ1) is 15.7. The van der Waals surface area contributed by atoms with Crippen LogP contribution in [-0.2, 0) is 10.0 Å². The molecule has 0 aliphatic heterocycles. The van der Waals surface area contributed by atoms with Gasteiger partial charge in [-0.25, -0.2) is 8.42 Å². The van der Waals surface area contributed by atoms with Crippen molar-refractivity contribution in [3.8, 4) is 11.5 Å². The molecule has 3 aromatic carbocycles. The number of aryl methyl sites for hydroxylation is 1. The Kier molecular flexibility index (Phi) is 7.28. The first-order valence-electron chi connectivity index (χ1n) is 10.4. The maximum atomic E-state index is 13.2. The summed E-state index contributed by atoms with van der Waals surface area (Å²) in [6, 6.07) is 18.1. The van der Waals surface area contributed by atoms with Gasteiger partial charge in [-0.2, -0.15) is 0 Å². The zero-order valence-electron chi connectivity index (χ0n) is 19.3. The van der Waals surface area contributed by atoms with Gasteiger partial charge in [0.15, 0.2) is 0 Å². The number of rotatable bonds is 8. The minimum absolute atomic E-state index is 0.0225. The molecule has 3 aromatic rings. The van der Waals surface area contributed by atoms with Crippen molar-refractivity contribution in [3.63, 3.8) is 0 Å². The second-order valence-electron chi connectivity index (χ2n) is 7.64. The quantitative estimate of drug-likeness (QED) is 0.532. The number of ether oxygens (including phenoxy) is 2. The van der Waals surface area contributed by atoms with Crippen molar-refractivity contribution < 1.29 is 22.7 Å². The lowest BCUT2D eigenvalue weighted by Gasteiger charge is -2.21. The number of sulfonamides is 1. The number of methoxy groups -OCH3 is 2. The fourth-order valence-electron chi connectivity index (χ4n) is 3.44. The van der Waals surface area contributed by atoms with Gasteiger partial charge in [0.1, 0.15) is 11.5 Å². The van der Waals surface area contributed by atoms with Crippen LogP contribution < -0.4 is 19.1 Å². The van der Waals surface area contributed by atoms with Gasteiger partial charge in [-0.3, -0.25) is 9.10 Å². The molecule has 1 amide bonds. The molecular weight excluding hydrogens is 440 g/mol. The number of carbonyl (C=O) groups is 1. The topological polar surface area (TPSA) is 84.9 Å². The summed E-state index contributed by atoms with van der Waals surface area (Å²) >= 11 is 0. The summed E-state index contributed by atoms with van der Waals surface area (Å²) in [4.78, 5) is 13.0. The van der Waals surface area contributed by atoms with Gasteiger partial charge >= 0.3 is 0 Å². The maximum absolute atomic E-state index is 13.2. The van der Waals surface area contributed by atoms with Gasteiger partial charge in [0.25, 0.3) is 15.9 Å². The van der Waals surface area contributed by atoms with E-state index in [1.165, 1.54) is 23.5 Å². The van der Waals surface area contributed by atoms with E-state index >= 15 is 0 Å². The molecule has 0 aliphatic carbocycles. The first-order valence-corrected chi connectivity index (χ1v) is 11.8. The molecule has 3 rings (SSSR count). The third-order valence-corrected chi connectivity index (χ3v) is 7.17. The van der Waals surface area contributed by atoms with E-state index in [1.807, 2.05) is 32.0 Å². The van der Waals surface area contributed by atoms with E-state index in [1.54, 1.807) is 50.6 Å². The van der Waals surface area contributed by atoms with Crippen molar-refractivity contribution >= 4 is 21.6 Å². The van der Waals surface area contributed by atoms with Crippen molar-refractivity contribution in [2.45, 2.75) is 24.8 Å². The molecule has 1 N–H and O–H groups in total. The van der Waals surface area contributed by atoms with E-state index in [0.29, 0.717) is 17.2 Å². The zero-order chi connectivity index (χ0) is 24.2. The lowest BCUT2D eigenvalue weighted by molar-refractivity contribution is 0.0939. The Labute approximate surface area is 195 Å². The van der Waals surface area contributed by atoms with E-state index in [9.17, 15) is 13.2 Å². The lowest BCUT2D eigenvalue weighted by atomic mass is 10.0. The molecule has 8 heteroatoms. The summed E-state index contributed by atoms with van der Waals surface area (Å²) in [6.45, 7) is 3.82. The molecular formula is C25H28N2O5S. The molecule has 0 saturated carbocycles. The molecule has 1 unspecified atom stereocenters. The third kappa shape index (κ3) is 5.28. The summed E-state index contributed by atoms with van der Waals surface area (Å²) < 4.78 is 38.1. The molecule has 0 bridgehead atoms. The average molecular weight is 469 g/mol. The summed E-state index contributed by atoms with van der Waals surface area (Å²) in [5.41, 5.74) is 2.61.